The first kappa shape index (κ1) is 13.5. The second-order valence-electron chi connectivity index (χ2n) is 4.45. The summed E-state index contributed by atoms with van der Waals surface area (Å²) >= 11 is 0. The maximum Gasteiger partial charge on any atom is 0.251 e. The number of carbonyl (C=O) groups is 1. The number of hydrogen-bond donors (Lipinski definition) is 1. The Morgan fingerprint density at radius 3 is 2.12 bits per heavy atom. The van der Waals surface area contributed by atoms with Crippen LogP contribution in [0.2, 0.25) is 0 Å². The van der Waals surface area contributed by atoms with Crippen molar-refractivity contribution in [2.75, 3.05) is 0 Å². The summed E-state index contributed by atoms with van der Waals surface area (Å²) in [4.78, 5) is 11.7. The molecule has 0 aromatic heterocycles. The average Bonchev–Trinajstić information content (AvgIpc) is 2.24. The van der Waals surface area contributed by atoms with E-state index in [-0.39, 0.29) is 5.56 Å². The summed E-state index contributed by atoms with van der Waals surface area (Å²) in [7, 11) is 0. The molecule has 0 radical (unpaired) electrons. The zero-order chi connectivity index (χ0) is 13.2. The molecule has 2 nitrogen and oxygen atoms in total. The van der Waals surface area contributed by atoms with Crippen LogP contribution in [0.25, 0.3) is 0 Å². The summed E-state index contributed by atoms with van der Waals surface area (Å²) in [6.07, 6.45) is 0.658. The van der Waals surface area contributed by atoms with Crippen molar-refractivity contribution in [1.82, 2.24) is 5.32 Å². The van der Waals surface area contributed by atoms with Crippen LogP contribution in [0.15, 0.2) is 12.1 Å². The average molecular weight is 245 g/mol. The van der Waals surface area contributed by atoms with Crippen LogP contribution in [-0.2, 0) is 0 Å². The van der Waals surface area contributed by atoms with E-state index in [2.05, 4.69) is 5.32 Å². The number of hydrogen-bond acceptors (Lipinski definition) is 1. The minimum absolute atomic E-state index is 0.233. The highest BCUT2D eigenvalue weighted by molar-refractivity contribution is 5.94. The largest absolute Gasteiger partial charge is 0.347 e. The molecule has 0 aliphatic rings. The van der Waals surface area contributed by atoms with Crippen molar-refractivity contribution in [3.8, 4) is 0 Å². The Hall–Kier alpha value is -1.52. The van der Waals surface area contributed by atoms with Crippen molar-refractivity contribution in [2.45, 2.75) is 32.7 Å². The van der Waals surface area contributed by atoms with Gasteiger partial charge < -0.3 is 5.32 Å². The van der Waals surface area contributed by atoms with Gasteiger partial charge in [-0.05, 0) is 32.4 Å². The molecule has 0 aliphatic carbocycles. The Kier molecular flexibility index (Phi) is 3.80. The third-order valence-electron chi connectivity index (χ3n) is 2.58. The molecule has 1 aromatic carbocycles. The predicted molar refractivity (Wildman–Crippen MR) is 58.2 cm³/mol. The Balaban J connectivity index is 2.98. The zero-order valence-corrected chi connectivity index (χ0v) is 9.90. The number of halogens is 3. The fraction of sp³-hybridized carbons (Fsp3) is 0.417. The molecule has 1 N–H and O–H groups in total. The van der Waals surface area contributed by atoms with Gasteiger partial charge in [-0.25, -0.2) is 13.2 Å². The van der Waals surface area contributed by atoms with Gasteiger partial charge in [0.2, 0.25) is 0 Å². The van der Waals surface area contributed by atoms with Gasteiger partial charge in [0.15, 0.2) is 17.5 Å². The van der Waals surface area contributed by atoms with Crippen molar-refractivity contribution in [2.24, 2.45) is 0 Å². The fourth-order valence-corrected chi connectivity index (χ4v) is 1.15. The van der Waals surface area contributed by atoms with Crippen LogP contribution in [0.3, 0.4) is 0 Å². The van der Waals surface area contributed by atoms with Crippen molar-refractivity contribution >= 4 is 5.91 Å². The topological polar surface area (TPSA) is 29.1 Å². The molecule has 17 heavy (non-hydrogen) atoms. The highest BCUT2D eigenvalue weighted by atomic mass is 19.2. The van der Waals surface area contributed by atoms with Crippen molar-refractivity contribution < 1.29 is 18.0 Å². The lowest BCUT2D eigenvalue weighted by atomic mass is 10.0. The normalized spacial score (nSPS) is 11.4. The number of rotatable bonds is 3. The van der Waals surface area contributed by atoms with Gasteiger partial charge in [-0.15, -0.1) is 0 Å². The molecule has 1 amide bonds. The summed E-state index contributed by atoms with van der Waals surface area (Å²) < 4.78 is 38.5. The van der Waals surface area contributed by atoms with E-state index in [1.807, 2.05) is 6.92 Å². The van der Waals surface area contributed by atoms with Gasteiger partial charge in [-0.1, -0.05) is 6.92 Å². The van der Waals surface area contributed by atoms with Crippen LogP contribution in [0, 0.1) is 17.5 Å². The molecule has 0 bridgehead atoms. The van der Waals surface area contributed by atoms with E-state index < -0.39 is 28.9 Å². The molecular formula is C12H14F3NO. The molecule has 0 saturated carbocycles. The molecular weight excluding hydrogens is 231 g/mol. The van der Waals surface area contributed by atoms with Crippen molar-refractivity contribution in [3.05, 3.63) is 35.1 Å². The van der Waals surface area contributed by atoms with Gasteiger partial charge in [0.1, 0.15) is 0 Å². The predicted octanol–water partition coefficient (Wildman–Crippen LogP) is 3.02. The molecule has 0 unspecified atom stereocenters. The molecule has 5 heteroatoms. The van der Waals surface area contributed by atoms with Crippen LogP contribution < -0.4 is 5.32 Å². The third-order valence-corrected chi connectivity index (χ3v) is 2.58. The Bertz CT molecular complexity index is 420. The van der Waals surface area contributed by atoms with E-state index in [4.69, 9.17) is 0 Å². The maximum atomic E-state index is 12.9. The number of benzene rings is 1. The SMILES string of the molecule is CCC(C)(C)NC(=O)c1cc(F)c(F)c(F)c1. The van der Waals surface area contributed by atoms with E-state index >= 15 is 0 Å². The first-order valence-electron chi connectivity index (χ1n) is 5.24. The molecule has 1 aromatic rings. The minimum atomic E-state index is -1.57. The second-order valence-corrected chi connectivity index (χ2v) is 4.45. The fourth-order valence-electron chi connectivity index (χ4n) is 1.15. The molecule has 0 spiro atoms. The quantitative estimate of drug-likeness (QED) is 0.815. The van der Waals surface area contributed by atoms with Crippen molar-refractivity contribution in [1.29, 1.82) is 0 Å². The Morgan fingerprint density at radius 1 is 1.24 bits per heavy atom. The van der Waals surface area contributed by atoms with E-state index in [1.54, 1.807) is 13.8 Å². The molecule has 0 heterocycles. The van der Waals surface area contributed by atoms with Crippen LogP contribution in [0.4, 0.5) is 13.2 Å². The highest BCUT2D eigenvalue weighted by Crippen LogP contribution is 2.15. The number of carbonyl (C=O) groups excluding carboxylic acids is 1. The summed E-state index contributed by atoms with van der Waals surface area (Å²) in [6, 6.07) is 1.36. The van der Waals surface area contributed by atoms with Gasteiger partial charge >= 0.3 is 0 Å². The van der Waals surface area contributed by atoms with Crippen LogP contribution >= 0.6 is 0 Å². The number of nitrogens with one attached hydrogen (secondary N) is 1. The van der Waals surface area contributed by atoms with E-state index in [9.17, 15) is 18.0 Å². The van der Waals surface area contributed by atoms with Crippen molar-refractivity contribution in [3.63, 3.8) is 0 Å². The zero-order valence-electron chi connectivity index (χ0n) is 9.90. The van der Waals surface area contributed by atoms with Crippen LogP contribution in [0.5, 0.6) is 0 Å². The van der Waals surface area contributed by atoms with Gasteiger partial charge in [-0.2, -0.15) is 0 Å². The lowest BCUT2D eigenvalue weighted by molar-refractivity contribution is 0.0910. The lowest BCUT2D eigenvalue weighted by Gasteiger charge is -2.24. The van der Waals surface area contributed by atoms with E-state index in [1.165, 1.54) is 0 Å². The Morgan fingerprint density at radius 2 is 1.71 bits per heavy atom. The molecule has 0 aliphatic heterocycles. The Labute approximate surface area is 97.8 Å². The first-order chi connectivity index (χ1) is 7.76. The number of amides is 1. The molecule has 0 saturated heterocycles. The van der Waals surface area contributed by atoms with Gasteiger partial charge in [0, 0.05) is 11.1 Å². The van der Waals surface area contributed by atoms with Crippen LogP contribution in [0.1, 0.15) is 37.6 Å². The van der Waals surface area contributed by atoms with E-state index in [0.717, 1.165) is 0 Å². The maximum absolute atomic E-state index is 12.9. The first-order valence-corrected chi connectivity index (χ1v) is 5.24. The molecule has 94 valence electrons. The lowest BCUT2D eigenvalue weighted by Crippen LogP contribution is -2.42. The van der Waals surface area contributed by atoms with Crippen LogP contribution in [-0.4, -0.2) is 11.4 Å². The monoisotopic (exact) mass is 245 g/mol. The summed E-state index contributed by atoms with van der Waals surface area (Å²) in [6.45, 7) is 5.42. The van der Waals surface area contributed by atoms with Gasteiger partial charge in [-0.3, -0.25) is 4.79 Å². The highest BCUT2D eigenvalue weighted by Gasteiger charge is 2.21. The molecule has 0 atom stereocenters. The smallest absolute Gasteiger partial charge is 0.251 e. The van der Waals surface area contributed by atoms with Gasteiger partial charge in [0.05, 0.1) is 0 Å². The molecule has 0 fully saturated rings. The summed E-state index contributed by atoms with van der Waals surface area (Å²) in [5, 5.41) is 2.60. The second kappa shape index (κ2) is 4.77. The standard InChI is InChI=1S/C12H14F3NO/c1-4-12(2,3)16-11(17)7-5-8(13)10(15)9(14)6-7/h5-6H,4H2,1-3H3,(H,16,17). The summed E-state index contributed by atoms with van der Waals surface area (Å²) in [5.41, 5.74) is -0.721. The third kappa shape index (κ3) is 3.22. The summed E-state index contributed by atoms with van der Waals surface area (Å²) in [5.74, 6) is -4.94. The molecule has 1 rings (SSSR count). The van der Waals surface area contributed by atoms with Gasteiger partial charge in [0.25, 0.3) is 5.91 Å². The van der Waals surface area contributed by atoms with E-state index in [0.29, 0.717) is 18.6 Å². The minimum Gasteiger partial charge on any atom is -0.347 e.